The van der Waals surface area contributed by atoms with Gasteiger partial charge in [0, 0.05) is 5.41 Å². The van der Waals surface area contributed by atoms with Crippen LogP contribution in [0.3, 0.4) is 0 Å². The van der Waals surface area contributed by atoms with Crippen LogP contribution in [0.2, 0.25) is 0 Å². The van der Waals surface area contributed by atoms with E-state index in [0.717, 1.165) is 0 Å². The summed E-state index contributed by atoms with van der Waals surface area (Å²) < 4.78 is 20.3. The van der Waals surface area contributed by atoms with Crippen LogP contribution in [0.1, 0.15) is 41.5 Å². The van der Waals surface area contributed by atoms with Crippen molar-refractivity contribution in [1.82, 2.24) is 0 Å². The fourth-order valence-electron chi connectivity index (χ4n) is 2.19. The molecule has 0 amide bonds. The highest BCUT2D eigenvalue weighted by molar-refractivity contribution is 5.16. The van der Waals surface area contributed by atoms with Gasteiger partial charge in [-0.1, -0.05) is 13.8 Å². The molecule has 0 radical (unpaired) electrons. The van der Waals surface area contributed by atoms with Crippen LogP contribution in [-0.2, 0) is 4.74 Å². The molecule has 1 aliphatic rings. The Morgan fingerprint density at radius 2 is 1.50 bits per heavy atom. The molecule has 0 aromatic carbocycles. The van der Waals surface area contributed by atoms with Gasteiger partial charge in [-0.05, 0) is 27.7 Å². The average Bonchev–Trinajstić information content (AvgIpc) is 2.09. The summed E-state index contributed by atoms with van der Waals surface area (Å²) >= 11 is 0. The minimum Gasteiger partial charge on any atom is -0.393 e. The molecular weight excluding hydrogens is 183 g/mol. The van der Waals surface area contributed by atoms with Crippen molar-refractivity contribution in [2.45, 2.75) is 58.4 Å². The third kappa shape index (κ3) is 1.09. The lowest BCUT2D eigenvalue weighted by Crippen LogP contribution is -2.53. The number of rotatable bonds is 1. The van der Waals surface area contributed by atoms with Crippen LogP contribution in [0.5, 0.6) is 0 Å². The molecule has 3 heteroatoms. The first-order chi connectivity index (χ1) is 6.02. The molecule has 2 nitrogen and oxygen atoms in total. The predicted molar refractivity (Wildman–Crippen MR) is 53.9 cm³/mol. The Hall–Kier alpha value is -0.150. The second-order valence-electron chi connectivity index (χ2n) is 5.63. The zero-order valence-corrected chi connectivity index (χ0v) is 9.94. The smallest absolute Gasteiger partial charge is 0.146 e. The number of halogens is 1. The van der Waals surface area contributed by atoms with E-state index >= 15 is 0 Å². The summed E-state index contributed by atoms with van der Waals surface area (Å²) in [4.78, 5) is 0. The quantitative estimate of drug-likeness (QED) is 0.710. The Balaban J connectivity index is 3.25. The van der Waals surface area contributed by atoms with Crippen LogP contribution in [0.25, 0.3) is 0 Å². The van der Waals surface area contributed by atoms with Crippen LogP contribution < -0.4 is 0 Å². The summed E-state index contributed by atoms with van der Waals surface area (Å²) in [7, 11) is 0. The van der Waals surface area contributed by atoms with Crippen molar-refractivity contribution in [3.63, 3.8) is 0 Å². The van der Waals surface area contributed by atoms with E-state index < -0.39 is 22.3 Å². The van der Waals surface area contributed by atoms with Gasteiger partial charge in [-0.2, -0.15) is 0 Å². The second-order valence-corrected chi connectivity index (χ2v) is 5.63. The van der Waals surface area contributed by atoms with Gasteiger partial charge < -0.3 is 9.84 Å². The molecule has 2 atom stereocenters. The Labute approximate surface area is 85.5 Å². The molecule has 2 unspecified atom stereocenters. The monoisotopic (exact) mass is 204 g/mol. The van der Waals surface area contributed by atoms with Crippen LogP contribution in [0, 0.1) is 5.41 Å². The minimum atomic E-state index is -1.54. The van der Waals surface area contributed by atoms with Crippen molar-refractivity contribution in [3.05, 3.63) is 0 Å². The number of aliphatic hydroxyl groups is 1. The van der Waals surface area contributed by atoms with Crippen molar-refractivity contribution < 1.29 is 14.2 Å². The molecule has 0 aromatic rings. The molecular formula is C11H21FO2. The second kappa shape index (κ2) is 2.70. The summed E-state index contributed by atoms with van der Waals surface area (Å²) in [5.41, 5.74) is -3.86. The van der Waals surface area contributed by atoms with Crippen molar-refractivity contribution in [2.75, 3.05) is 6.61 Å². The molecule has 1 heterocycles. The SMILES string of the molecule is CC1(C)OC(C)(CO)C(C)(F)C1(C)C. The largest absolute Gasteiger partial charge is 0.393 e. The van der Waals surface area contributed by atoms with Crippen LogP contribution in [0.15, 0.2) is 0 Å². The van der Waals surface area contributed by atoms with Gasteiger partial charge in [0.1, 0.15) is 11.3 Å². The van der Waals surface area contributed by atoms with Crippen molar-refractivity contribution in [2.24, 2.45) is 5.41 Å². The molecule has 1 fully saturated rings. The summed E-state index contributed by atoms with van der Waals surface area (Å²) in [6.07, 6.45) is 0. The van der Waals surface area contributed by atoms with Gasteiger partial charge in [0.05, 0.1) is 12.2 Å². The third-order valence-corrected chi connectivity index (χ3v) is 4.45. The standard InChI is InChI=1S/C11H21FO2/c1-8(2)9(3,4)14-10(5,7-13)11(8,6)12/h13H,7H2,1-6H3. The molecule has 1 aliphatic heterocycles. The van der Waals surface area contributed by atoms with Gasteiger partial charge in [-0.3, -0.25) is 0 Å². The number of hydrogen-bond acceptors (Lipinski definition) is 2. The highest BCUT2D eigenvalue weighted by Gasteiger charge is 2.69. The van der Waals surface area contributed by atoms with E-state index in [2.05, 4.69) is 0 Å². The molecule has 0 spiro atoms. The number of alkyl halides is 1. The lowest BCUT2D eigenvalue weighted by Gasteiger charge is -2.40. The zero-order valence-electron chi connectivity index (χ0n) is 9.94. The van der Waals surface area contributed by atoms with E-state index in [9.17, 15) is 9.50 Å². The maximum Gasteiger partial charge on any atom is 0.146 e. The van der Waals surface area contributed by atoms with Crippen LogP contribution in [-0.4, -0.2) is 28.6 Å². The summed E-state index contributed by atoms with van der Waals surface area (Å²) in [6, 6.07) is 0. The van der Waals surface area contributed by atoms with E-state index in [4.69, 9.17) is 4.74 Å². The minimum absolute atomic E-state index is 0.299. The predicted octanol–water partition coefficient (Wildman–Crippen LogP) is 2.30. The van der Waals surface area contributed by atoms with Crippen LogP contribution in [0.4, 0.5) is 4.39 Å². The number of hydrogen-bond donors (Lipinski definition) is 1. The van der Waals surface area contributed by atoms with Crippen molar-refractivity contribution >= 4 is 0 Å². The fourth-order valence-corrected chi connectivity index (χ4v) is 2.19. The molecule has 1 saturated heterocycles. The van der Waals surface area contributed by atoms with Gasteiger partial charge in [-0.15, -0.1) is 0 Å². The van der Waals surface area contributed by atoms with E-state index in [1.54, 1.807) is 6.92 Å². The maximum atomic E-state index is 14.6. The molecule has 0 aromatic heterocycles. The van der Waals surface area contributed by atoms with E-state index in [1.807, 2.05) is 27.7 Å². The zero-order chi connectivity index (χ0) is 11.4. The molecule has 1 rings (SSSR count). The normalized spacial score (nSPS) is 45.4. The number of ether oxygens (including phenoxy) is 1. The Morgan fingerprint density at radius 3 is 1.64 bits per heavy atom. The first-order valence-corrected chi connectivity index (χ1v) is 5.02. The molecule has 0 aliphatic carbocycles. The lowest BCUT2D eigenvalue weighted by atomic mass is 9.65. The Kier molecular flexibility index (Phi) is 2.30. The van der Waals surface area contributed by atoms with Gasteiger partial charge in [0.2, 0.25) is 0 Å². The summed E-state index contributed by atoms with van der Waals surface area (Å²) in [5, 5.41) is 9.26. The lowest BCUT2D eigenvalue weighted by molar-refractivity contribution is -0.133. The third-order valence-electron chi connectivity index (χ3n) is 4.45. The van der Waals surface area contributed by atoms with Crippen LogP contribution >= 0.6 is 0 Å². The highest BCUT2D eigenvalue weighted by Crippen LogP contribution is 2.59. The first kappa shape index (κ1) is 11.9. The van der Waals surface area contributed by atoms with E-state index in [-0.39, 0.29) is 6.61 Å². The first-order valence-electron chi connectivity index (χ1n) is 5.02. The van der Waals surface area contributed by atoms with Crippen molar-refractivity contribution in [1.29, 1.82) is 0 Å². The van der Waals surface area contributed by atoms with Gasteiger partial charge >= 0.3 is 0 Å². The van der Waals surface area contributed by atoms with E-state index in [1.165, 1.54) is 6.92 Å². The highest BCUT2D eigenvalue weighted by atomic mass is 19.1. The van der Waals surface area contributed by atoms with Gasteiger partial charge in [0.15, 0.2) is 0 Å². The van der Waals surface area contributed by atoms with E-state index in [0.29, 0.717) is 0 Å². The summed E-state index contributed by atoms with van der Waals surface area (Å²) in [5.74, 6) is 0. The molecule has 1 N–H and O–H groups in total. The van der Waals surface area contributed by atoms with Gasteiger partial charge in [-0.25, -0.2) is 4.39 Å². The maximum absolute atomic E-state index is 14.6. The Bertz CT molecular complexity index is 246. The molecule has 84 valence electrons. The Morgan fingerprint density at radius 1 is 1.07 bits per heavy atom. The molecule has 0 bridgehead atoms. The fraction of sp³-hybridized carbons (Fsp3) is 1.00. The molecule has 14 heavy (non-hydrogen) atoms. The topological polar surface area (TPSA) is 29.5 Å². The van der Waals surface area contributed by atoms with Gasteiger partial charge in [0.25, 0.3) is 0 Å². The number of aliphatic hydroxyl groups excluding tert-OH is 1. The average molecular weight is 204 g/mol. The summed E-state index contributed by atoms with van der Waals surface area (Å²) in [6.45, 7) is 10.3. The molecule has 0 saturated carbocycles. The van der Waals surface area contributed by atoms with Crippen molar-refractivity contribution in [3.8, 4) is 0 Å².